The number of halogens is 2. The number of thioether (sulfide) groups is 1. The van der Waals surface area contributed by atoms with E-state index in [1.54, 1.807) is 24.3 Å². The summed E-state index contributed by atoms with van der Waals surface area (Å²) >= 11 is 14.9. The third kappa shape index (κ3) is 6.53. The fourth-order valence-electron chi connectivity index (χ4n) is 4.32. The molecule has 1 aliphatic heterocycles. The average molecular weight is 715 g/mol. The van der Waals surface area contributed by atoms with Crippen LogP contribution in [-0.4, -0.2) is 27.8 Å². The van der Waals surface area contributed by atoms with E-state index in [2.05, 4.69) is 52.3 Å². The van der Waals surface area contributed by atoms with Gasteiger partial charge in [-0.1, -0.05) is 71.9 Å². The van der Waals surface area contributed by atoms with Gasteiger partial charge < -0.3 is 9.47 Å². The Balaban J connectivity index is 1.36. The molecule has 1 saturated heterocycles. The van der Waals surface area contributed by atoms with Crippen molar-refractivity contribution in [2.24, 2.45) is 0 Å². The number of rotatable bonds is 8. The first kappa shape index (κ1) is 29.4. The van der Waals surface area contributed by atoms with E-state index < -0.39 is 11.8 Å². The minimum atomic E-state index is -0.520. The standard InChI is InChI=1S/C31H24ClIN2O4S2/c1-3-38-26-15-19(14-25(33)28(26)39-17-21-9-6-8-20-7-4-5-10-22(20)21)16-27-30(37)35(31(40)41-27)34-29(36)23-12-11-18(2)13-24(23)32/h4-16H,3,17H2,1-2H3,(H,34,36)/b27-16+. The van der Waals surface area contributed by atoms with Crippen molar-refractivity contribution >= 4 is 91.2 Å². The molecule has 1 heterocycles. The van der Waals surface area contributed by atoms with Gasteiger partial charge >= 0.3 is 0 Å². The van der Waals surface area contributed by atoms with Crippen molar-refractivity contribution in [1.29, 1.82) is 0 Å². The van der Waals surface area contributed by atoms with E-state index >= 15 is 0 Å². The molecule has 4 aromatic rings. The molecule has 10 heteroatoms. The molecule has 2 amide bonds. The van der Waals surface area contributed by atoms with Crippen LogP contribution in [0, 0.1) is 10.5 Å². The second kappa shape index (κ2) is 12.8. The lowest BCUT2D eigenvalue weighted by atomic mass is 10.1. The van der Waals surface area contributed by atoms with Gasteiger partial charge in [-0.3, -0.25) is 15.0 Å². The van der Waals surface area contributed by atoms with Crippen LogP contribution < -0.4 is 14.9 Å². The number of carbonyl (C=O) groups is 2. The van der Waals surface area contributed by atoms with Gasteiger partial charge in [0.05, 0.1) is 25.7 Å². The molecule has 0 bridgehead atoms. The van der Waals surface area contributed by atoms with Crippen LogP contribution in [0.15, 0.2) is 77.7 Å². The molecule has 208 valence electrons. The number of fused-ring (bicyclic) bond motifs is 1. The van der Waals surface area contributed by atoms with Crippen molar-refractivity contribution in [2.75, 3.05) is 6.61 Å². The zero-order chi connectivity index (χ0) is 29.1. The highest BCUT2D eigenvalue weighted by Crippen LogP contribution is 2.38. The van der Waals surface area contributed by atoms with Crippen molar-refractivity contribution in [3.63, 3.8) is 0 Å². The SMILES string of the molecule is CCOc1cc(/C=C2/SC(=S)N(NC(=O)c3ccc(C)cc3Cl)C2=O)cc(I)c1OCc1cccc2ccccc12. The Morgan fingerprint density at radius 1 is 1.10 bits per heavy atom. The molecule has 0 aliphatic carbocycles. The predicted molar refractivity (Wildman–Crippen MR) is 177 cm³/mol. The number of hydrogen-bond acceptors (Lipinski definition) is 6. The quantitative estimate of drug-likeness (QED) is 0.114. The highest BCUT2D eigenvalue weighted by atomic mass is 127. The summed E-state index contributed by atoms with van der Waals surface area (Å²) in [6, 6.07) is 23.2. The van der Waals surface area contributed by atoms with Crippen LogP contribution in [0.5, 0.6) is 11.5 Å². The molecule has 0 atom stereocenters. The monoisotopic (exact) mass is 714 g/mol. The van der Waals surface area contributed by atoms with Crippen LogP contribution in [0.1, 0.15) is 34.0 Å². The number of nitrogens with zero attached hydrogens (tertiary/aromatic N) is 1. The lowest BCUT2D eigenvalue weighted by Crippen LogP contribution is -2.44. The van der Waals surface area contributed by atoms with Crippen molar-refractivity contribution in [3.05, 3.63) is 109 Å². The zero-order valence-electron chi connectivity index (χ0n) is 22.1. The van der Waals surface area contributed by atoms with Crippen LogP contribution in [-0.2, 0) is 11.4 Å². The molecule has 6 nitrogen and oxygen atoms in total. The zero-order valence-corrected chi connectivity index (χ0v) is 26.6. The van der Waals surface area contributed by atoms with Crippen molar-refractivity contribution in [3.8, 4) is 11.5 Å². The average Bonchev–Trinajstić information content (AvgIpc) is 3.20. The summed E-state index contributed by atoms with van der Waals surface area (Å²) in [6.07, 6.45) is 1.73. The number of hydrogen-bond donors (Lipinski definition) is 1. The van der Waals surface area contributed by atoms with Gasteiger partial charge in [0.25, 0.3) is 11.8 Å². The first-order valence-electron chi connectivity index (χ1n) is 12.7. The molecule has 0 aromatic heterocycles. The Bertz CT molecular complexity index is 1720. The largest absolute Gasteiger partial charge is 0.490 e. The number of benzene rings is 4. The second-order valence-corrected chi connectivity index (χ2v) is 12.4. The van der Waals surface area contributed by atoms with Gasteiger partial charge in [0.15, 0.2) is 15.8 Å². The number of amides is 2. The van der Waals surface area contributed by atoms with Gasteiger partial charge in [-0.25, -0.2) is 0 Å². The van der Waals surface area contributed by atoms with Crippen LogP contribution in [0.25, 0.3) is 16.8 Å². The van der Waals surface area contributed by atoms with E-state index in [0.29, 0.717) is 34.6 Å². The number of carbonyl (C=O) groups excluding carboxylic acids is 2. The van der Waals surface area contributed by atoms with E-state index in [-0.39, 0.29) is 9.88 Å². The van der Waals surface area contributed by atoms with Crippen molar-refractivity contribution < 1.29 is 19.1 Å². The van der Waals surface area contributed by atoms with E-state index in [9.17, 15) is 9.59 Å². The number of thiocarbonyl (C=S) groups is 1. The molecule has 4 aromatic carbocycles. The molecule has 1 N–H and O–H groups in total. The summed E-state index contributed by atoms with van der Waals surface area (Å²) in [5.41, 5.74) is 5.57. The highest BCUT2D eigenvalue weighted by Gasteiger charge is 2.34. The first-order valence-corrected chi connectivity index (χ1v) is 15.3. The van der Waals surface area contributed by atoms with Gasteiger partial charge in [-0.15, -0.1) is 0 Å². The van der Waals surface area contributed by atoms with E-state index in [4.69, 9.17) is 33.3 Å². The third-order valence-electron chi connectivity index (χ3n) is 6.26. The lowest BCUT2D eigenvalue weighted by Gasteiger charge is -2.16. The molecular formula is C31H24ClIN2O4S2. The smallest absolute Gasteiger partial charge is 0.285 e. The molecule has 1 aliphatic rings. The predicted octanol–water partition coefficient (Wildman–Crippen LogP) is 7.93. The Hall–Kier alpha value is -3.12. The third-order valence-corrected chi connectivity index (χ3v) is 8.67. The maximum atomic E-state index is 13.2. The summed E-state index contributed by atoms with van der Waals surface area (Å²) in [5, 5.41) is 3.65. The second-order valence-electron chi connectivity index (χ2n) is 9.13. The maximum Gasteiger partial charge on any atom is 0.285 e. The first-order chi connectivity index (χ1) is 19.7. The fraction of sp³-hybridized carbons (Fsp3) is 0.129. The number of hydrazine groups is 1. The Kier molecular flexibility index (Phi) is 9.18. The summed E-state index contributed by atoms with van der Waals surface area (Å²) in [7, 11) is 0. The minimum Gasteiger partial charge on any atom is -0.490 e. The minimum absolute atomic E-state index is 0.215. The van der Waals surface area contributed by atoms with Gasteiger partial charge in [-0.05, 0) is 106 Å². The summed E-state index contributed by atoms with van der Waals surface area (Å²) < 4.78 is 13.3. The maximum absolute atomic E-state index is 13.2. The fourth-order valence-corrected chi connectivity index (χ4v) is 6.61. The van der Waals surface area contributed by atoms with E-state index in [1.807, 2.05) is 44.2 Å². The summed E-state index contributed by atoms with van der Waals surface area (Å²) in [6.45, 7) is 4.60. The summed E-state index contributed by atoms with van der Waals surface area (Å²) in [4.78, 5) is 26.4. The number of nitrogens with one attached hydrogen (secondary N) is 1. The Morgan fingerprint density at radius 3 is 2.66 bits per heavy atom. The topological polar surface area (TPSA) is 67.9 Å². The summed E-state index contributed by atoms with van der Waals surface area (Å²) in [5.74, 6) is 0.255. The molecule has 0 spiro atoms. The van der Waals surface area contributed by atoms with Crippen LogP contribution in [0.2, 0.25) is 5.02 Å². The highest BCUT2D eigenvalue weighted by molar-refractivity contribution is 14.1. The van der Waals surface area contributed by atoms with Crippen LogP contribution in [0.3, 0.4) is 0 Å². The molecule has 5 rings (SSSR count). The van der Waals surface area contributed by atoms with Crippen LogP contribution >= 0.6 is 58.2 Å². The molecule has 0 radical (unpaired) electrons. The van der Waals surface area contributed by atoms with Gasteiger partial charge in [0.2, 0.25) is 0 Å². The van der Waals surface area contributed by atoms with Crippen molar-refractivity contribution in [2.45, 2.75) is 20.5 Å². The van der Waals surface area contributed by atoms with E-state index in [0.717, 1.165) is 47.8 Å². The molecule has 0 unspecified atom stereocenters. The lowest BCUT2D eigenvalue weighted by molar-refractivity contribution is -0.123. The van der Waals surface area contributed by atoms with E-state index in [1.165, 1.54) is 0 Å². The Labute approximate surface area is 266 Å². The van der Waals surface area contributed by atoms with Crippen molar-refractivity contribution in [1.82, 2.24) is 10.4 Å². The number of ether oxygens (including phenoxy) is 2. The van der Waals surface area contributed by atoms with Crippen LogP contribution in [0.4, 0.5) is 0 Å². The van der Waals surface area contributed by atoms with Gasteiger partial charge in [-0.2, -0.15) is 5.01 Å². The normalized spacial score (nSPS) is 14.1. The molecule has 0 saturated carbocycles. The molecular weight excluding hydrogens is 691 g/mol. The van der Waals surface area contributed by atoms with Gasteiger partial charge in [0, 0.05) is 0 Å². The number of aryl methyl sites for hydroxylation is 1. The molecule has 1 fully saturated rings. The Morgan fingerprint density at radius 2 is 1.88 bits per heavy atom. The molecule has 41 heavy (non-hydrogen) atoms. The van der Waals surface area contributed by atoms with Gasteiger partial charge in [0.1, 0.15) is 6.61 Å².